The van der Waals surface area contributed by atoms with Gasteiger partial charge in [-0.05, 0) is 25.5 Å². The highest BCUT2D eigenvalue weighted by atomic mass is 32.2. The summed E-state index contributed by atoms with van der Waals surface area (Å²) in [5.74, 6) is 7.80. The van der Waals surface area contributed by atoms with E-state index >= 15 is 0 Å². The van der Waals surface area contributed by atoms with Gasteiger partial charge in [-0.15, -0.1) is 0 Å². The molecule has 0 radical (unpaired) electrons. The average Bonchev–Trinajstić information content (AvgIpc) is 3.17. The number of thioether (sulfide) groups is 1. The predicted octanol–water partition coefficient (Wildman–Crippen LogP) is 2.02. The molecule has 0 bridgehead atoms. The van der Waals surface area contributed by atoms with E-state index in [0.29, 0.717) is 10.6 Å². The van der Waals surface area contributed by atoms with Gasteiger partial charge in [0.15, 0.2) is 0 Å². The molecule has 4 N–H and O–H groups in total. The van der Waals surface area contributed by atoms with Crippen LogP contribution in [0.25, 0.3) is 0 Å². The molecule has 0 saturated heterocycles. The summed E-state index contributed by atoms with van der Waals surface area (Å²) in [6, 6.07) is 1.86. The minimum absolute atomic E-state index is 0.423. The SMILES string of the molecule is CCCc1nc(NN)cc(NCC2(SC)CC2)n1. The van der Waals surface area contributed by atoms with E-state index < -0.39 is 0 Å². The van der Waals surface area contributed by atoms with Gasteiger partial charge in [0.25, 0.3) is 0 Å². The van der Waals surface area contributed by atoms with Gasteiger partial charge in [-0.3, -0.25) is 0 Å². The van der Waals surface area contributed by atoms with Gasteiger partial charge >= 0.3 is 0 Å². The van der Waals surface area contributed by atoms with Crippen LogP contribution in [0.3, 0.4) is 0 Å². The van der Waals surface area contributed by atoms with Crippen LogP contribution in [0.4, 0.5) is 11.6 Å². The Bertz CT molecular complexity index is 405. The zero-order valence-electron chi connectivity index (χ0n) is 11.0. The second-order valence-electron chi connectivity index (χ2n) is 4.69. The number of hydrogen-bond donors (Lipinski definition) is 3. The Hall–Kier alpha value is -1.01. The Kier molecular flexibility index (Phi) is 4.29. The van der Waals surface area contributed by atoms with Crippen LogP contribution in [0.5, 0.6) is 0 Å². The molecule has 0 amide bonds. The molecule has 0 spiro atoms. The van der Waals surface area contributed by atoms with E-state index in [1.807, 2.05) is 17.8 Å². The monoisotopic (exact) mass is 267 g/mol. The molecule has 0 aliphatic heterocycles. The lowest BCUT2D eigenvalue weighted by Crippen LogP contribution is -2.19. The lowest BCUT2D eigenvalue weighted by atomic mass is 10.3. The number of hydrogen-bond acceptors (Lipinski definition) is 6. The van der Waals surface area contributed by atoms with Crippen molar-refractivity contribution >= 4 is 23.4 Å². The van der Waals surface area contributed by atoms with E-state index in [1.165, 1.54) is 12.8 Å². The third kappa shape index (κ3) is 3.26. The maximum Gasteiger partial charge on any atom is 0.145 e. The Morgan fingerprint density at radius 2 is 2.11 bits per heavy atom. The molecular weight excluding hydrogens is 246 g/mol. The molecule has 2 rings (SSSR count). The lowest BCUT2D eigenvalue weighted by molar-refractivity contribution is 0.831. The molecule has 5 nitrogen and oxygen atoms in total. The molecule has 1 aliphatic carbocycles. The summed E-state index contributed by atoms with van der Waals surface area (Å²) in [7, 11) is 0. The highest BCUT2D eigenvalue weighted by Gasteiger charge is 2.41. The van der Waals surface area contributed by atoms with Crippen molar-refractivity contribution in [3.8, 4) is 0 Å². The lowest BCUT2D eigenvalue weighted by Gasteiger charge is -2.14. The summed E-state index contributed by atoms with van der Waals surface area (Å²) in [5, 5.41) is 3.40. The number of anilines is 2. The molecule has 0 aromatic carbocycles. The molecule has 100 valence electrons. The van der Waals surface area contributed by atoms with Gasteiger partial charge in [0.2, 0.25) is 0 Å². The third-order valence-electron chi connectivity index (χ3n) is 3.23. The smallest absolute Gasteiger partial charge is 0.145 e. The van der Waals surface area contributed by atoms with Crippen molar-refractivity contribution in [2.75, 3.05) is 23.5 Å². The molecule has 18 heavy (non-hydrogen) atoms. The first kappa shape index (κ1) is 13.4. The van der Waals surface area contributed by atoms with Crippen molar-refractivity contribution in [2.24, 2.45) is 5.84 Å². The second-order valence-corrected chi connectivity index (χ2v) is 5.96. The largest absolute Gasteiger partial charge is 0.369 e. The summed E-state index contributed by atoms with van der Waals surface area (Å²) < 4.78 is 0.423. The van der Waals surface area contributed by atoms with Gasteiger partial charge in [0.1, 0.15) is 17.5 Å². The van der Waals surface area contributed by atoms with Crippen LogP contribution in [-0.4, -0.2) is 27.5 Å². The van der Waals surface area contributed by atoms with Gasteiger partial charge in [-0.1, -0.05) is 6.92 Å². The van der Waals surface area contributed by atoms with Crippen LogP contribution < -0.4 is 16.6 Å². The number of nitrogens with two attached hydrogens (primary N) is 1. The topological polar surface area (TPSA) is 75.9 Å². The number of aryl methyl sites for hydroxylation is 1. The van der Waals surface area contributed by atoms with Gasteiger partial charge in [-0.2, -0.15) is 11.8 Å². The Labute approximate surface area is 112 Å². The fraction of sp³-hybridized carbons (Fsp3) is 0.667. The fourth-order valence-electron chi connectivity index (χ4n) is 1.84. The predicted molar refractivity (Wildman–Crippen MR) is 77.8 cm³/mol. The first-order chi connectivity index (χ1) is 8.71. The fourth-order valence-corrected chi connectivity index (χ4v) is 2.57. The number of nitrogens with one attached hydrogen (secondary N) is 2. The standard InChI is InChI=1S/C12H21N5S/c1-3-4-9-15-10(7-11(16-9)17-13)14-8-12(18-2)5-6-12/h7H,3-6,8,13H2,1-2H3,(H2,14,15,16,17). The Morgan fingerprint density at radius 1 is 1.39 bits per heavy atom. The van der Waals surface area contributed by atoms with Gasteiger partial charge in [0, 0.05) is 23.8 Å². The van der Waals surface area contributed by atoms with Crippen molar-refractivity contribution in [1.82, 2.24) is 9.97 Å². The van der Waals surface area contributed by atoms with Crippen molar-refractivity contribution in [3.05, 3.63) is 11.9 Å². The van der Waals surface area contributed by atoms with Crippen LogP contribution in [0, 0.1) is 0 Å². The van der Waals surface area contributed by atoms with E-state index in [9.17, 15) is 0 Å². The first-order valence-electron chi connectivity index (χ1n) is 6.35. The number of aromatic nitrogens is 2. The molecule has 6 heteroatoms. The zero-order chi connectivity index (χ0) is 13.0. The maximum absolute atomic E-state index is 5.43. The molecule has 1 aromatic heterocycles. The normalized spacial score (nSPS) is 16.4. The van der Waals surface area contributed by atoms with E-state index in [2.05, 4.69) is 33.9 Å². The molecule has 1 saturated carbocycles. The second kappa shape index (κ2) is 5.75. The maximum atomic E-state index is 5.43. The molecule has 1 fully saturated rings. The third-order valence-corrected chi connectivity index (χ3v) is 4.64. The summed E-state index contributed by atoms with van der Waals surface area (Å²) in [5.41, 5.74) is 2.60. The van der Waals surface area contributed by atoms with Crippen molar-refractivity contribution < 1.29 is 0 Å². The minimum atomic E-state index is 0.423. The van der Waals surface area contributed by atoms with E-state index in [0.717, 1.165) is 31.0 Å². The van der Waals surface area contributed by atoms with Gasteiger partial charge in [-0.25, -0.2) is 15.8 Å². The Balaban J connectivity index is 2.04. The number of rotatable bonds is 7. The molecule has 0 unspecified atom stereocenters. The summed E-state index contributed by atoms with van der Waals surface area (Å²) in [6.07, 6.45) is 6.65. The summed E-state index contributed by atoms with van der Waals surface area (Å²) in [6.45, 7) is 3.08. The van der Waals surface area contributed by atoms with Gasteiger partial charge in [0.05, 0.1) is 0 Å². The molecule has 1 aromatic rings. The van der Waals surface area contributed by atoms with E-state index in [-0.39, 0.29) is 0 Å². The number of nitrogens with zero attached hydrogens (tertiary/aromatic N) is 2. The molecule has 0 atom stereocenters. The van der Waals surface area contributed by atoms with Crippen LogP contribution in [0.1, 0.15) is 32.0 Å². The minimum Gasteiger partial charge on any atom is -0.369 e. The van der Waals surface area contributed by atoms with Crippen LogP contribution >= 0.6 is 11.8 Å². The van der Waals surface area contributed by atoms with Crippen LogP contribution in [0.2, 0.25) is 0 Å². The summed E-state index contributed by atoms with van der Waals surface area (Å²) in [4.78, 5) is 8.84. The van der Waals surface area contributed by atoms with E-state index in [4.69, 9.17) is 5.84 Å². The number of hydrazine groups is 1. The quantitative estimate of drug-likeness (QED) is 0.518. The van der Waals surface area contributed by atoms with Crippen molar-refractivity contribution in [1.29, 1.82) is 0 Å². The average molecular weight is 267 g/mol. The molecule has 1 aliphatic rings. The zero-order valence-corrected chi connectivity index (χ0v) is 11.8. The highest BCUT2D eigenvalue weighted by Crippen LogP contribution is 2.46. The van der Waals surface area contributed by atoms with Gasteiger partial charge < -0.3 is 10.7 Å². The highest BCUT2D eigenvalue weighted by molar-refractivity contribution is 8.00. The molecule has 1 heterocycles. The number of nitrogen functional groups attached to an aromatic ring is 1. The van der Waals surface area contributed by atoms with E-state index in [1.54, 1.807) is 0 Å². The first-order valence-corrected chi connectivity index (χ1v) is 7.57. The molecular formula is C12H21N5S. The van der Waals surface area contributed by atoms with Crippen molar-refractivity contribution in [3.63, 3.8) is 0 Å². The van der Waals surface area contributed by atoms with Crippen LogP contribution in [0.15, 0.2) is 6.07 Å². The Morgan fingerprint density at radius 3 is 2.67 bits per heavy atom. The summed E-state index contributed by atoms with van der Waals surface area (Å²) >= 11 is 1.94. The van der Waals surface area contributed by atoms with Crippen LogP contribution in [-0.2, 0) is 6.42 Å². The van der Waals surface area contributed by atoms with Crippen molar-refractivity contribution in [2.45, 2.75) is 37.4 Å².